The first-order valence-corrected chi connectivity index (χ1v) is 5.61. The highest BCUT2D eigenvalue weighted by Gasteiger charge is 2.32. The zero-order valence-corrected chi connectivity index (χ0v) is 11.3. The molecule has 5 heteroatoms. The maximum atomic E-state index is 12.0. The van der Waals surface area contributed by atoms with Crippen molar-refractivity contribution in [3.8, 4) is 0 Å². The van der Waals surface area contributed by atoms with Crippen molar-refractivity contribution in [2.45, 2.75) is 46.1 Å². The van der Waals surface area contributed by atoms with E-state index in [1.54, 1.807) is 34.7 Å². The Hall–Kier alpha value is -1.10. The predicted molar refractivity (Wildman–Crippen MR) is 64.6 cm³/mol. The normalized spacial score (nSPS) is 12.4. The van der Waals surface area contributed by atoms with Crippen LogP contribution in [0.5, 0.6) is 0 Å². The van der Waals surface area contributed by atoms with E-state index in [0.717, 1.165) is 0 Å². The smallest absolute Gasteiger partial charge is 0.303 e. The van der Waals surface area contributed by atoms with E-state index in [9.17, 15) is 9.59 Å². The third-order valence-electron chi connectivity index (χ3n) is 2.93. The molecule has 0 aromatic heterocycles. The van der Waals surface area contributed by atoms with Crippen molar-refractivity contribution in [2.75, 3.05) is 13.7 Å². The fourth-order valence-corrected chi connectivity index (χ4v) is 1.44. The molecule has 0 aromatic rings. The fraction of sp³-hybridized carbons (Fsp3) is 0.833. The van der Waals surface area contributed by atoms with Crippen LogP contribution in [0.4, 0.5) is 0 Å². The highest BCUT2D eigenvalue weighted by molar-refractivity contribution is 5.78. The van der Waals surface area contributed by atoms with Gasteiger partial charge in [0, 0.05) is 13.5 Å². The molecule has 1 amide bonds. The van der Waals surface area contributed by atoms with Gasteiger partial charge in [0.15, 0.2) is 0 Å². The van der Waals surface area contributed by atoms with Crippen molar-refractivity contribution in [2.24, 2.45) is 5.41 Å². The first kappa shape index (κ1) is 15.9. The van der Waals surface area contributed by atoms with Gasteiger partial charge in [-0.05, 0) is 19.3 Å². The summed E-state index contributed by atoms with van der Waals surface area (Å²) < 4.78 is 0. The molecule has 0 bridgehead atoms. The van der Waals surface area contributed by atoms with E-state index < -0.39 is 16.9 Å². The van der Waals surface area contributed by atoms with Gasteiger partial charge >= 0.3 is 5.97 Å². The molecule has 0 atom stereocenters. The van der Waals surface area contributed by atoms with Gasteiger partial charge in [0.2, 0.25) is 5.91 Å². The molecule has 0 heterocycles. The molecule has 0 saturated carbocycles. The zero-order chi connectivity index (χ0) is 13.9. The summed E-state index contributed by atoms with van der Waals surface area (Å²) in [6, 6.07) is 0. The number of hydrogen-bond acceptors (Lipinski definition) is 3. The second-order valence-electron chi connectivity index (χ2n) is 5.83. The van der Waals surface area contributed by atoms with Crippen molar-refractivity contribution < 1.29 is 19.8 Å². The Labute approximate surface area is 102 Å². The first-order valence-electron chi connectivity index (χ1n) is 5.61. The van der Waals surface area contributed by atoms with Crippen molar-refractivity contribution in [3.63, 3.8) is 0 Å². The van der Waals surface area contributed by atoms with Gasteiger partial charge in [0.1, 0.15) is 0 Å². The Morgan fingerprint density at radius 1 is 1.12 bits per heavy atom. The minimum atomic E-state index is -0.910. The minimum absolute atomic E-state index is 0.0495. The summed E-state index contributed by atoms with van der Waals surface area (Å²) in [6.45, 7) is 6.89. The number of carboxylic acids is 1. The Balaban J connectivity index is 4.59. The Bertz CT molecular complexity index is 297. The number of nitrogens with zero attached hydrogens (tertiary/aromatic N) is 1. The first-order chi connectivity index (χ1) is 7.52. The summed E-state index contributed by atoms with van der Waals surface area (Å²) in [5.74, 6) is -1.07. The quantitative estimate of drug-likeness (QED) is 0.734. The molecule has 0 saturated heterocycles. The van der Waals surface area contributed by atoms with E-state index in [0.29, 0.717) is 0 Å². The molecule has 0 aromatic carbocycles. The van der Waals surface area contributed by atoms with Gasteiger partial charge in [-0.1, -0.05) is 13.8 Å². The standard InChI is InChI=1S/C12H23NO4/c1-11(2,7-10(16)17)6-9(15)13(5)12(3,4)8-14/h14H,6-8H2,1-5H3,(H,16,17). The molecule has 0 aliphatic heterocycles. The van der Waals surface area contributed by atoms with Gasteiger partial charge in [-0.25, -0.2) is 0 Å². The molecule has 0 spiro atoms. The Kier molecular flexibility index (Phi) is 5.13. The summed E-state index contributed by atoms with van der Waals surface area (Å²) in [5.41, 5.74) is -1.21. The monoisotopic (exact) mass is 245 g/mol. The van der Waals surface area contributed by atoms with E-state index in [-0.39, 0.29) is 25.4 Å². The van der Waals surface area contributed by atoms with Crippen molar-refractivity contribution >= 4 is 11.9 Å². The number of rotatable bonds is 6. The number of carboxylic acid groups (broad SMARTS) is 1. The highest BCUT2D eigenvalue weighted by atomic mass is 16.4. The summed E-state index contributed by atoms with van der Waals surface area (Å²) in [5, 5.41) is 17.9. The number of carbonyl (C=O) groups is 2. The van der Waals surface area contributed by atoms with E-state index in [2.05, 4.69) is 0 Å². The van der Waals surface area contributed by atoms with Crippen LogP contribution in [0.1, 0.15) is 40.5 Å². The average molecular weight is 245 g/mol. The van der Waals surface area contributed by atoms with E-state index in [1.165, 1.54) is 4.90 Å². The lowest BCUT2D eigenvalue weighted by Gasteiger charge is -2.36. The number of hydrogen-bond donors (Lipinski definition) is 2. The number of aliphatic carboxylic acids is 1. The molecule has 100 valence electrons. The number of carbonyl (C=O) groups excluding carboxylic acids is 1. The van der Waals surface area contributed by atoms with Crippen LogP contribution in [0, 0.1) is 5.41 Å². The van der Waals surface area contributed by atoms with E-state index >= 15 is 0 Å². The molecule has 0 aliphatic carbocycles. The third kappa shape index (κ3) is 5.17. The molecule has 2 N–H and O–H groups in total. The predicted octanol–water partition coefficient (Wildman–Crippen LogP) is 1.11. The molecular weight excluding hydrogens is 222 g/mol. The van der Waals surface area contributed by atoms with Crippen molar-refractivity contribution in [1.29, 1.82) is 0 Å². The number of amides is 1. The Morgan fingerprint density at radius 2 is 1.59 bits per heavy atom. The third-order valence-corrected chi connectivity index (χ3v) is 2.93. The number of likely N-dealkylation sites (N-methyl/N-ethyl adjacent to an activating group) is 1. The van der Waals surface area contributed by atoms with Crippen LogP contribution < -0.4 is 0 Å². The van der Waals surface area contributed by atoms with Crippen LogP contribution >= 0.6 is 0 Å². The van der Waals surface area contributed by atoms with Crippen LogP contribution in [0.2, 0.25) is 0 Å². The molecule has 0 rings (SSSR count). The van der Waals surface area contributed by atoms with Gasteiger partial charge in [-0.3, -0.25) is 9.59 Å². The van der Waals surface area contributed by atoms with Gasteiger partial charge in [-0.2, -0.15) is 0 Å². The summed E-state index contributed by atoms with van der Waals surface area (Å²) in [6.07, 6.45) is 0.103. The molecular formula is C12H23NO4. The number of aliphatic hydroxyl groups is 1. The van der Waals surface area contributed by atoms with Crippen LogP contribution in [-0.2, 0) is 9.59 Å². The minimum Gasteiger partial charge on any atom is -0.481 e. The van der Waals surface area contributed by atoms with E-state index in [4.69, 9.17) is 10.2 Å². The lowest BCUT2D eigenvalue weighted by atomic mass is 9.84. The summed E-state index contributed by atoms with van der Waals surface area (Å²) in [7, 11) is 1.62. The second-order valence-corrected chi connectivity index (χ2v) is 5.83. The molecule has 0 fully saturated rings. The summed E-state index contributed by atoms with van der Waals surface area (Å²) >= 11 is 0. The molecule has 17 heavy (non-hydrogen) atoms. The van der Waals surface area contributed by atoms with Crippen molar-refractivity contribution in [1.82, 2.24) is 4.90 Å². The van der Waals surface area contributed by atoms with Crippen LogP contribution in [-0.4, -0.2) is 46.2 Å². The fourth-order valence-electron chi connectivity index (χ4n) is 1.44. The van der Waals surface area contributed by atoms with Crippen molar-refractivity contribution in [3.05, 3.63) is 0 Å². The van der Waals surface area contributed by atoms with Gasteiger partial charge in [0.25, 0.3) is 0 Å². The lowest BCUT2D eigenvalue weighted by molar-refractivity contribution is -0.142. The number of aliphatic hydroxyl groups excluding tert-OH is 1. The second kappa shape index (κ2) is 5.49. The lowest BCUT2D eigenvalue weighted by Crippen LogP contribution is -2.48. The molecule has 5 nitrogen and oxygen atoms in total. The van der Waals surface area contributed by atoms with Crippen LogP contribution in [0.25, 0.3) is 0 Å². The van der Waals surface area contributed by atoms with Gasteiger partial charge < -0.3 is 15.1 Å². The topological polar surface area (TPSA) is 77.8 Å². The highest BCUT2D eigenvalue weighted by Crippen LogP contribution is 2.27. The maximum absolute atomic E-state index is 12.0. The molecule has 0 radical (unpaired) electrons. The SMILES string of the molecule is CN(C(=O)CC(C)(C)CC(=O)O)C(C)(C)CO. The largest absolute Gasteiger partial charge is 0.481 e. The summed E-state index contributed by atoms with van der Waals surface area (Å²) in [4.78, 5) is 24.1. The van der Waals surface area contributed by atoms with Gasteiger partial charge in [0.05, 0.1) is 18.6 Å². The molecule has 0 unspecified atom stereocenters. The van der Waals surface area contributed by atoms with Gasteiger partial charge in [-0.15, -0.1) is 0 Å². The zero-order valence-electron chi connectivity index (χ0n) is 11.3. The molecule has 0 aliphatic rings. The average Bonchev–Trinajstić information content (AvgIpc) is 2.13. The van der Waals surface area contributed by atoms with Crippen LogP contribution in [0.3, 0.4) is 0 Å². The Morgan fingerprint density at radius 3 is 1.94 bits per heavy atom. The maximum Gasteiger partial charge on any atom is 0.303 e. The van der Waals surface area contributed by atoms with E-state index in [1.807, 2.05) is 0 Å². The van der Waals surface area contributed by atoms with Crippen LogP contribution in [0.15, 0.2) is 0 Å².